The van der Waals surface area contributed by atoms with Gasteiger partial charge in [0.15, 0.2) is 4.34 Å². The van der Waals surface area contributed by atoms with Crippen LogP contribution >= 0.6 is 34.7 Å². The number of nitrogens with one attached hydrogen (secondary N) is 2. The summed E-state index contributed by atoms with van der Waals surface area (Å²) in [5, 5.41) is 13.2. The van der Waals surface area contributed by atoms with Gasteiger partial charge in [-0.2, -0.15) is 13.2 Å². The van der Waals surface area contributed by atoms with E-state index in [1.807, 2.05) is 6.92 Å². The van der Waals surface area contributed by atoms with Crippen molar-refractivity contribution in [3.05, 3.63) is 28.8 Å². The van der Waals surface area contributed by atoms with Crippen molar-refractivity contribution in [1.82, 2.24) is 10.2 Å². The molecule has 0 radical (unpaired) electrons. The lowest BCUT2D eigenvalue weighted by molar-refractivity contribution is -0.137. The lowest BCUT2D eigenvalue weighted by atomic mass is 10.2. The number of amides is 1. The number of hydrogen-bond donors (Lipinski definition) is 2. The van der Waals surface area contributed by atoms with Crippen LogP contribution in [0.25, 0.3) is 0 Å². The molecule has 1 amide bonds. The number of aromatic nitrogens is 2. The van der Waals surface area contributed by atoms with E-state index in [1.165, 1.54) is 29.2 Å². The van der Waals surface area contributed by atoms with Crippen molar-refractivity contribution >= 4 is 51.4 Å². The first kappa shape index (κ1) is 23.7. The predicted molar refractivity (Wildman–Crippen MR) is 110 cm³/mol. The predicted octanol–water partition coefficient (Wildman–Crippen LogP) is 5.17. The number of halogens is 4. The van der Waals surface area contributed by atoms with Crippen molar-refractivity contribution in [3.63, 3.8) is 0 Å². The van der Waals surface area contributed by atoms with Crippen LogP contribution in [0.1, 0.15) is 25.8 Å². The van der Waals surface area contributed by atoms with Crippen LogP contribution in [0.4, 0.5) is 24.0 Å². The minimum Gasteiger partial charge on any atom is -0.382 e. The van der Waals surface area contributed by atoms with Crippen LogP contribution in [-0.2, 0) is 15.7 Å². The Morgan fingerprint density at radius 3 is 2.83 bits per heavy atom. The van der Waals surface area contributed by atoms with Gasteiger partial charge in [0.2, 0.25) is 11.0 Å². The number of anilines is 2. The summed E-state index contributed by atoms with van der Waals surface area (Å²) in [7, 11) is 0. The van der Waals surface area contributed by atoms with Gasteiger partial charge in [0.1, 0.15) is 0 Å². The first-order chi connectivity index (χ1) is 13.7. The van der Waals surface area contributed by atoms with Crippen molar-refractivity contribution in [1.29, 1.82) is 0 Å². The normalized spacial score (nSPS) is 12.6. The van der Waals surface area contributed by atoms with Crippen molar-refractivity contribution < 1.29 is 22.7 Å². The average molecular weight is 469 g/mol. The van der Waals surface area contributed by atoms with Crippen molar-refractivity contribution in [2.45, 2.75) is 36.0 Å². The fourth-order valence-electron chi connectivity index (χ4n) is 2.11. The number of alkyl halides is 3. The topological polar surface area (TPSA) is 76.1 Å². The molecule has 0 aliphatic carbocycles. The molecule has 0 aliphatic rings. The molecule has 0 aliphatic heterocycles. The third kappa shape index (κ3) is 7.65. The maximum absolute atomic E-state index is 12.9. The Labute approximate surface area is 179 Å². The molecule has 29 heavy (non-hydrogen) atoms. The van der Waals surface area contributed by atoms with Gasteiger partial charge in [-0.15, -0.1) is 10.2 Å². The molecule has 0 bridgehead atoms. The van der Waals surface area contributed by atoms with Gasteiger partial charge in [-0.1, -0.05) is 34.7 Å². The summed E-state index contributed by atoms with van der Waals surface area (Å²) in [4.78, 5) is 12.3. The van der Waals surface area contributed by atoms with Crippen molar-refractivity contribution in [2.24, 2.45) is 0 Å². The number of thioether (sulfide) groups is 1. The Hall–Kier alpha value is -1.56. The highest BCUT2D eigenvalue weighted by Gasteiger charge is 2.33. The van der Waals surface area contributed by atoms with E-state index in [1.54, 1.807) is 6.92 Å². The van der Waals surface area contributed by atoms with Gasteiger partial charge in [0.05, 0.1) is 15.8 Å². The highest BCUT2D eigenvalue weighted by atomic mass is 35.5. The Bertz CT molecular complexity index is 820. The van der Waals surface area contributed by atoms with Gasteiger partial charge in [0.25, 0.3) is 0 Å². The van der Waals surface area contributed by atoms with E-state index in [0.29, 0.717) is 29.2 Å². The molecule has 2 N–H and O–H groups in total. The molecule has 0 saturated carbocycles. The number of carbonyl (C=O) groups excluding carboxylic acids is 1. The van der Waals surface area contributed by atoms with Crippen LogP contribution in [0.3, 0.4) is 0 Å². The molecule has 0 saturated heterocycles. The molecule has 12 heteroatoms. The molecule has 2 rings (SSSR count). The molecule has 6 nitrogen and oxygen atoms in total. The molecule has 1 aromatic carbocycles. The van der Waals surface area contributed by atoms with E-state index in [2.05, 4.69) is 20.8 Å². The number of carbonyl (C=O) groups is 1. The molecular weight excluding hydrogens is 449 g/mol. The number of benzene rings is 1. The smallest absolute Gasteiger partial charge is 0.382 e. The summed E-state index contributed by atoms with van der Waals surface area (Å²) in [5.41, 5.74) is -0.977. The van der Waals surface area contributed by atoms with E-state index in [0.717, 1.165) is 18.6 Å². The zero-order valence-electron chi connectivity index (χ0n) is 15.7. The standard InChI is InChI=1S/C17H20ClF3N4O2S2/c1-3-27-8-4-7-22-15-24-25-16(29-15)28-10(2)14(26)23-11-5-6-13(18)12(9-11)17(19,20)21/h5-6,9-10H,3-4,7-8H2,1-2H3,(H,22,24)(H,23,26)/t10-/m1/s1. The summed E-state index contributed by atoms with van der Waals surface area (Å²) >= 11 is 8.06. The van der Waals surface area contributed by atoms with Gasteiger partial charge < -0.3 is 15.4 Å². The van der Waals surface area contributed by atoms with E-state index in [4.69, 9.17) is 16.3 Å². The van der Waals surface area contributed by atoms with E-state index in [-0.39, 0.29) is 5.69 Å². The second-order valence-electron chi connectivity index (χ2n) is 5.79. The van der Waals surface area contributed by atoms with Crippen molar-refractivity contribution in [2.75, 3.05) is 30.4 Å². The molecule has 2 aromatic rings. The number of ether oxygens (including phenoxy) is 1. The van der Waals surface area contributed by atoms with Gasteiger partial charge in [-0.25, -0.2) is 0 Å². The summed E-state index contributed by atoms with van der Waals surface area (Å²) in [5.74, 6) is -0.452. The molecule has 1 aromatic heterocycles. The van der Waals surface area contributed by atoms with Gasteiger partial charge in [0, 0.05) is 25.4 Å². The summed E-state index contributed by atoms with van der Waals surface area (Å²) in [6.45, 7) is 5.58. The summed E-state index contributed by atoms with van der Waals surface area (Å²) < 4.78 is 44.6. The number of nitrogens with zero attached hydrogens (tertiary/aromatic N) is 2. The Balaban J connectivity index is 1.88. The first-order valence-corrected chi connectivity index (χ1v) is 10.8. The van der Waals surface area contributed by atoms with Gasteiger partial charge >= 0.3 is 6.18 Å². The van der Waals surface area contributed by atoms with E-state index in [9.17, 15) is 18.0 Å². The monoisotopic (exact) mass is 468 g/mol. The lowest BCUT2D eigenvalue weighted by Gasteiger charge is -2.13. The molecule has 0 unspecified atom stereocenters. The second-order valence-corrected chi connectivity index (χ2v) is 8.76. The summed E-state index contributed by atoms with van der Waals surface area (Å²) in [6.07, 6.45) is -3.77. The Morgan fingerprint density at radius 1 is 1.38 bits per heavy atom. The van der Waals surface area contributed by atoms with Crippen LogP contribution in [0.2, 0.25) is 5.02 Å². The van der Waals surface area contributed by atoms with Gasteiger partial charge in [-0.05, 0) is 38.5 Å². The second kappa shape index (κ2) is 11.0. The maximum atomic E-state index is 12.9. The molecule has 160 valence electrons. The van der Waals surface area contributed by atoms with Crippen LogP contribution in [0.15, 0.2) is 22.5 Å². The number of rotatable bonds is 10. The Morgan fingerprint density at radius 2 is 2.14 bits per heavy atom. The quantitative estimate of drug-likeness (QED) is 0.370. The minimum atomic E-state index is -4.60. The highest BCUT2D eigenvalue weighted by molar-refractivity contribution is 8.02. The maximum Gasteiger partial charge on any atom is 0.417 e. The fraction of sp³-hybridized carbons (Fsp3) is 0.471. The summed E-state index contributed by atoms with van der Waals surface area (Å²) in [6, 6.07) is 3.24. The van der Waals surface area contributed by atoms with E-state index >= 15 is 0 Å². The molecule has 1 atom stereocenters. The SMILES string of the molecule is CCOCCCNc1nnc(S[C@H](C)C(=O)Nc2ccc(Cl)c(C(F)(F)F)c2)s1. The highest BCUT2D eigenvalue weighted by Crippen LogP contribution is 2.36. The largest absolute Gasteiger partial charge is 0.417 e. The van der Waals surface area contributed by atoms with Crippen LogP contribution in [0.5, 0.6) is 0 Å². The Kier molecular flexibility index (Phi) is 9.00. The molecular formula is C17H20ClF3N4O2S2. The van der Waals surface area contributed by atoms with Gasteiger partial charge in [-0.3, -0.25) is 4.79 Å². The van der Waals surface area contributed by atoms with E-state index < -0.39 is 27.9 Å². The van der Waals surface area contributed by atoms with Crippen LogP contribution < -0.4 is 10.6 Å². The molecule has 0 fully saturated rings. The third-order valence-electron chi connectivity index (χ3n) is 3.54. The lowest BCUT2D eigenvalue weighted by Crippen LogP contribution is -2.22. The fourth-order valence-corrected chi connectivity index (χ4v) is 4.26. The number of hydrogen-bond acceptors (Lipinski definition) is 7. The molecule has 1 heterocycles. The zero-order chi connectivity index (χ0) is 21.4. The zero-order valence-corrected chi connectivity index (χ0v) is 18.1. The van der Waals surface area contributed by atoms with Crippen LogP contribution in [-0.4, -0.2) is 41.1 Å². The molecule has 0 spiro atoms. The minimum absolute atomic E-state index is 0.0214. The van der Waals surface area contributed by atoms with Crippen molar-refractivity contribution in [3.8, 4) is 0 Å². The average Bonchev–Trinajstić information content (AvgIpc) is 3.09. The first-order valence-electron chi connectivity index (χ1n) is 8.70. The third-order valence-corrected chi connectivity index (χ3v) is 5.93. The van der Waals surface area contributed by atoms with Crippen LogP contribution in [0, 0.1) is 0 Å².